The first-order valence-electron chi connectivity index (χ1n) is 5.48. The molecule has 0 saturated carbocycles. The van der Waals surface area contributed by atoms with Crippen LogP contribution in [0.4, 0.5) is 24.5 Å². The van der Waals surface area contributed by atoms with Crippen LogP contribution in [-0.2, 0) is 6.42 Å². The second-order valence-electron chi connectivity index (χ2n) is 3.88. The molecular formula is C14H9F3N2. The lowest BCUT2D eigenvalue weighted by Gasteiger charge is -2.08. The first kappa shape index (κ1) is 13.0. The lowest BCUT2D eigenvalue weighted by atomic mass is 10.1. The number of nitriles is 1. The standard InChI is InChI=1S/C14H9F3N2/c15-11-5-6-12(14(17)13(11)16)19-10-3-1-9(2-4-10)7-8-18/h1-6,19H,7H2. The molecule has 0 aliphatic carbocycles. The molecule has 2 aromatic rings. The molecule has 0 unspecified atom stereocenters. The van der Waals surface area contributed by atoms with E-state index in [1.54, 1.807) is 24.3 Å². The summed E-state index contributed by atoms with van der Waals surface area (Å²) in [5, 5.41) is 11.2. The summed E-state index contributed by atoms with van der Waals surface area (Å²) in [4.78, 5) is 0. The average molecular weight is 262 g/mol. The predicted octanol–water partition coefficient (Wildman–Crippen LogP) is 3.91. The molecule has 0 aliphatic rings. The van der Waals surface area contributed by atoms with Crippen LogP contribution < -0.4 is 5.32 Å². The first-order chi connectivity index (χ1) is 9.11. The molecule has 0 fully saturated rings. The van der Waals surface area contributed by atoms with Crippen molar-refractivity contribution >= 4 is 11.4 Å². The van der Waals surface area contributed by atoms with Crippen molar-refractivity contribution in [1.29, 1.82) is 5.26 Å². The maximum Gasteiger partial charge on any atom is 0.196 e. The van der Waals surface area contributed by atoms with Gasteiger partial charge in [0, 0.05) is 5.69 Å². The molecular weight excluding hydrogens is 253 g/mol. The van der Waals surface area contributed by atoms with E-state index in [2.05, 4.69) is 5.32 Å². The Hall–Kier alpha value is -2.48. The Morgan fingerprint density at radius 1 is 0.947 bits per heavy atom. The monoisotopic (exact) mass is 262 g/mol. The van der Waals surface area contributed by atoms with Crippen LogP contribution in [0.15, 0.2) is 36.4 Å². The van der Waals surface area contributed by atoms with Gasteiger partial charge in [-0.25, -0.2) is 13.2 Å². The molecule has 0 radical (unpaired) electrons. The van der Waals surface area contributed by atoms with Crippen LogP contribution in [0.2, 0.25) is 0 Å². The molecule has 0 saturated heterocycles. The molecule has 0 aliphatic heterocycles. The van der Waals surface area contributed by atoms with Crippen molar-refractivity contribution in [3.63, 3.8) is 0 Å². The molecule has 0 amide bonds. The van der Waals surface area contributed by atoms with Gasteiger partial charge in [0.15, 0.2) is 17.5 Å². The minimum absolute atomic E-state index is 0.146. The van der Waals surface area contributed by atoms with Crippen molar-refractivity contribution in [1.82, 2.24) is 0 Å². The quantitative estimate of drug-likeness (QED) is 0.851. The van der Waals surface area contributed by atoms with E-state index in [0.717, 1.165) is 17.7 Å². The summed E-state index contributed by atoms with van der Waals surface area (Å²) in [5.41, 5.74) is 1.19. The molecule has 2 rings (SSSR count). The minimum Gasteiger partial charge on any atom is -0.353 e. The molecule has 0 atom stereocenters. The number of hydrogen-bond donors (Lipinski definition) is 1. The van der Waals surface area contributed by atoms with Gasteiger partial charge in [0.2, 0.25) is 0 Å². The van der Waals surface area contributed by atoms with Crippen LogP contribution in [-0.4, -0.2) is 0 Å². The summed E-state index contributed by atoms with van der Waals surface area (Å²) in [5.74, 6) is -4.00. The van der Waals surface area contributed by atoms with Crippen molar-refractivity contribution < 1.29 is 13.2 Å². The summed E-state index contributed by atoms with van der Waals surface area (Å²) in [6.07, 6.45) is 0.278. The first-order valence-corrected chi connectivity index (χ1v) is 5.48. The van der Waals surface area contributed by atoms with Gasteiger partial charge < -0.3 is 5.32 Å². The molecule has 2 nitrogen and oxygen atoms in total. The number of benzene rings is 2. The lowest BCUT2D eigenvalue weighted by Crippen LogP contribution is -1.98. The Morgan fingerprint density at radius 2 is 1.63 bits per heavy atom. The largest absolute Gasteiger partial charge is 0.353 e. The zero-order valence-corrected chi connectivity index (χ0v) is 9.75. The van der Waals surface area contributed by atoms with Gasteiger partial charge in [0.25, 0.3) is 0 Å². The Balaban J connectivity index is 2.22. The van der Waals surface area contributed by atoms with Gasteiger partial charge in [-0.3, -0.25) is 0 Å². The smallest absolute Gasteiger partial charge is 0.196 e. The molecule has 96 valence electrons. The van der Waals surface area contributed by atoms with E-state index < -0.39 is 17.5 Å². The fourth-order valence-corrected chi connectivity index (χ4v) is 1.58. The molecule has 0 aromatic heterocycles. The average Bonchev–Trinajstić information content (AvgIpc) is 2.42. The fraction of sp³-hybridized carbons (Fsp3) is 0.0714. The zero-order valence-electron chi connectivity index (χ0n) is 9.75. The van der Waals surface area contributed by atoms with Crippen molar-refractivity contribution in [2.45, 2.75) is 6.42 Å². The second-order valence-corrected chi connectivity index (χ2v) is 3.88. The SMILES string of the molecule is N#CCc1ccc(Nc2ccc(F)c(F)c2F)cc1. The van der Waals surface area contributed by atoms with Gasteiger partial charge in [-0.05, 0) is 29.8 Å². The fourth-order valence-electron chi connectivity index (χ4n) is 1.58. The summed E-state index contributed by atoms with van der Waals surface area (Å²) in [6.45, 7) is 0. The number of anilines is 2. The predicted molar refractivity (Wildman–Crippen MR) is 65.4 cm³/mol. The van der Waals surface area contributed by atoms with Crippen molar-refractivity contribution in [2.75, 3.05) is 5.32 Å². The maximum absolute atomic E-state index is 13.4. The van der Waals surface area contributed by atoms with Crippen LogP contribution in [0.25, 0.3) is 0 Å². The van der Waals surface area contributed by atoms with Crippen molar-refractivity contribution in [2.24, 2.45) is 0 Å². The number of nitrogens with one attached hydrogen (secondary N) is 1. The van der Waals surface area contributed by atoms with Crippen LogP contribution in [0.1, 0.15) is 5.56 Å². The van der Waals surface area contributed by atoms with Crippen molar-refractivity contribution in [3.05, 3.63) is 59.4 Å². The van der Waals surface area contributed by atoms with Gasteiger partial charge in [-0.15, -0.1) is 0 Å². The molecule has 5 heteroatoms. The Labute approximate surface area is 108 Å². The number of nitrogens with zero attached hydrogens (tertiary/aromatic N) is 1. The number of hydrogen-bond acceptors (Lipinski definition) is 2. The molecule has 1 N–H and O–H groups in total. The normalized spacial score (nSPS) is 10.0. The van der Waals surface area contributed by atoms with Crippen molar-refractivity contribution in [3.8, 4) is 6.07 Å². The Morgan fingerprint density at radius 3 is 2.26 bits per heavy atom. The van der Waals surface area contributed by atoms with Gasteiger partial charge in [-0.2, -0.15) is 5.26 Å². The highest BCUT2D eigenvalue weighted by Crippen LogP contribution is 2.23. The van der Waals surface area contributed by atoms with Crippen LogP contribution in [0, 0.1) is 28.8 Å². The van der Waals surface area contributed by atoms with E-state index in [4.69, 9.17) is 5.26 Å². The summed E-state index contributed by atoms with van der Waals surface area (Å²) < 4.78 is 39.2. The zero-order chi connectivity index (χ0) is 13.8. The van der Waals surface area contributed by atoms with E-state index in [-0.39, 0.29) is 12.1 Å². The van der Waals surface area contributed by atoms with Gasteiger partial charge >= 0.3 is 0 Å². The number of halogens is 3. The van der Waals surface area contributed by atoms with E-state index >= 15 is 0 Å². The third-order valence-corrected chi connectivity index (χ3v) is 2.55. The molecule has 0 heterocycles. The molecule has 2 aromatic carbocycles. The summed E-state index contributed by atoms with van der Waals surface area (Å²) in [6, 6.07) is 10.6. The van der Waals surface area contributed by atoms with Gasteiger partial charge in [-0.1, -0.05) is 12.1 Å². The van der Waals surface area contributed by atoms with Crippen LogP contribution in [0.5, 0.6) is 0 Å². The summed E-state index contributed by atoms with van der Waals surface area (Å²) in [7, 11) is 0. The third kappa shape index (κ3) is 2.86. The highest BCUT2D eigenvalue weighted by molar-refractivity contribution is 5.60. The summed E-state index contributed by atoms with van der Waals surface area (Å²) >= 11 is 0. The Kier molecular flexibility index (Phi) is 3.71. The highest BCUT2D eigenvalue weighted by Gasteiger charge is 2.13. The third-order valence-electron chi connectivity index (χ3n) is 2.55. The van der Waals surface area contributed by atoms with Gasteiger partial charge in [0.1, 0.15) is 0 Å². The van der Waals surface area contributed by atoms with Gasteiger partial charge in [0.05, 0.1) is 18.2 Å². The minimum atomic E-state index is -1.51. The lowest BCUT2D eigenvalue weighted by molar-refractivity contribution is 0.449. The molecule has 0 bridgehead atoms. The Bertz CT molecular complexity index is 630. The highest BCUT2D eigenvalue weighted by atomic mass is 19.2. The topological polar surface area (TPSA) is 35.8 Å². The van der Waals surface area contributed by atoms with Crippen LogP contribution in [0.3, 0.4) is 0 Å². The molecule has 19 heavy (non-hydrogen) atoms. The van der Waals surface area contributed by atoms with E-state index in [0.29, 0.717) is 5.69 Å². The van der Waals surface area contributed by atoms with E-state index in [9.17, 15) is 13.2 Å². The maximum atomic E-state index is 13.4. The van der Waals surface area contributed by atoms with E-state index in [1.165, 1.54) is 0 Å². The second kappa shape index (κ2) is 5.44. The van der Waals surface area contributed by atoms with Crippen LogP contribution >= 0.6 is 0 Å². The number of rotatable bonds is 3. The van der Waals surface area contributed by atoms with E-state index in [1.807, 2.05) is 6.07 Å². The molecule has 0 spiro atoms.